The topological polar surface area (TPSA) is 55.8 Å². The maximum absolute atomic E-state index is 11.8. The Hall–Kier alpha value is -1.11. The predicted octanol–water partition coefficient (Wildman–Crippen LogP) is 2.79. The zero-order chi connectivity index (χ0) is 15.0. The zero-order valence-electron chi connectivity index (χ0n) is 11.8. The van der Waals surface area contributed by atoms with E-state index in [1.165, 1.54) is 7.11 Å². The van der Waals surface area contributed by atoms with Gasteiger partial charge in [-0.2, -0.15) is 0 Å². The number of rotatable bonds is 3. The van der Waals surface area contributed by atoms with Crippen LogP contribution in [0.5, 0.6) is 0 Å². The highest BCUT2D eigenvalue weighted by atomic mass is 32.2. The number of benzene rings is 1. The molecule has 1 spiro atoms. The molecule has 1 atom stereocenters. The van der Waals surface area contributed by atoms with E-state index in [-0.39, 0.29) is 5.57 Å². The summed E-state index contributed by atoms with van der Waals surface area (Å²) in [6.07, 6.45) is -0.530. The van der Waals surface area contributed by atoms with Gasteiger partial charge < -0.3 is 14.6 Å². The van der Waals surface area contributed by atoms with Crippen molar-refractivity contribution in [2.24, 2.45) is 0 Å². The quantitative estimate of drug-likeness (QED) is 0.923. The summed E-state index contributed by atoms with van der Waals surface area (Å²) in [7, 11) is 3.07. The summed E-state index contributed by atoms with van der Waals surface area (Å²) >= 11 is 3.52. The van der Waals surface area contributed by atoms with E-state index in [4.69, 9.17) is 9.47 Å². The van der Waals surface area contributed by atoms with Crippen LogP contribution in [0.2, 0.25) is 0 Å². The number of carboxylic acid groups (broad SMARTS) is 1. The number of thioether (sulfide) groups is 2. The van der Waals surface area contributed by atoms with Crippen molar-refractivity contribution in [1.82, 2.24) is 0 Å². The second-order valence-corrected chi connectivity index (χ2v) is 7.72. The molecule has 2 aliphatic rings. The number of hydrogen-bond acceptors (Lipinski definition) is 5. The van der Waals surface area contributed by atoms with Gasteiger partial charge in [0, 0.05) is 24.2 Å². The van der Waals surface area contributed by atoms with Crippen LogP contribution in [0.1, 0.15) is 11.1 Å². The van der Waals surface area contributed by atoms with Crippen LogP contribution in [-0.2, 0) is 18.3 Å². The van der Waals surface area contributed by atoms with Gasteiger partial charge in [-0.15, -0.1) is 23.5 Å². The third-order valence-corrected chi connectivity index (χ3v) is 7.29. The first-order valence-corrected chi connectivity index (χ1v) is 8.55. The van der Waals surface area contributed by atoms with Crippen LogP contribution in [-0.4, -0.2) is 42.9 Å². The molecule has 1 aliphatic heterocycles. The van der Waals surface area contributed by atoms with Gasteiger partial charge in [0.25, 0.3) is 0 Å². The average Bonchev–Trinajstić information content (AvgIpc) is 2.97. The Morgan fingerprint density at radius 1 is 1.29 bits per heavy atom. The summed E-state index contributed by atoms with van der Waals surface area (Å²) in [4.78, 5) is 11.8. The van der Waals surface area contributed by atoms with E-state index in [2.05, 4.69) is 0 Å². The van der Waals surface area contributed by atoms with Crippen LogP contribution in [0.25, 0.3) is 5.76 Å². The normalized spacial score (nSPS) is 23.2. The first-order valence-electron chi connectivity index (χ1n) is 6.57. The minimum absolute atomic E-state index is 0.209. The highest BCUT2D eigenvalue weighted by Gasteiger charge is 2.53. The molecule has 4 nitrogen and oxygen atoms in total. The second-order valence-electron chi connectivity index (χ2n) is 4.78. The molecule has 1 N–H and O–H groups in total. The molecule has 1 aromatic rings. The molecule has 0 amide bonds. The van der Waals surface area contributed by atoms with Gasteiger partial charge >= 0.3 is 5.97 Å². The molecule has 1 fully saturated rings. The summed E-state index contributed by atoms with van der Waals surface area (Å²) in [6.45, 7) is 0. The maximum Gasteiger partial charge on any atom is 0.338 e. The lowest BCUT2D eigenvalue weighted by atomic mass is 9.87. The van der Waals surface area contributed by atoms with Gasteiger partial charge in [-0.1, -0.05) is 24.3 Å². The first-order chi connectivity index (χ1) is 10.2. The van der Waals surface area contributed by atoms with E-state index in [9.17, 15) is 9.90 Å². The number of carboxylic acids is 1. The van der Waals surface area contributed by atoms with Crippen molar-refractivity contribution in [2.45, 2.75) is 10.2 Å². The molecule has 21 heavy (non-hydrogen) atoms. The molecule has 112 valence electrons. The number of hydrogen-bond donors (Lipinski definition) is 1. The average molecular weight is 324 g/mol. The van der Waals surface area contributed by atoms with Crippen molar-refractivity contribution >= 4 is 35.3 Å². The highest BCUT2D eigenvalue weighted by molar-refractivity contribution is 8.20. The van der Waals surface area contributed by atoms with Gasteiger partial charge in [0.05, 0.1) is 7.11 Å². The molecular formula is C15H16O4S2. The van der Waals surface area contributed by atoms with Gasteiger partial charge in [-0.3, -0.25) is 0 Å². The molecular weight excluding hydrogens is 308 g/mol. The summed E-state index contributed by atoms with van der Waals surface area (Å²) in [6, 6.07) is 7.85. The lowest BCUT2D eigenvalue weighted by Gasteiger charge is -2.41. The predicted molar refractivity (Wildman–Crippen MR) is 85.4 cm³/mol. The van der Waals surface area contributed by atoms with E-state index in [1.807, 2.05) is 24.3 Å². The summed E-state index contributed by atoms with van der Waals surface area (Å²) in [5, 5.41) is 9.67. The van der Waals surface area contributed by atoms with Crippen molar-refractivity contribution in [2.75, 3.05) is 25.7 Å². The van der Waals surface area contributed by atoms with E-state index in [0.29, 0.717) is 5.76 Å². The van der Waals surface area contributed by atoms with Crippen molar-refractivity contribution in [3.63, 3.8) is 0 Å². The van der Waals surface area contributed by atoms with Crippen LogP contribution in [0.15, 0.2) is 29.8 Å². The molecule has 1 aromatic carbocycles. The number of methoxy groups -OCH3 is 2. The molecule has 1 saturated heterocycles. The number of carbonyl (C=O) groups is 1. The number of aliphatic carboxylic acids is 1. The minimum Gasteiger partial charge on any atom is -0.495 e. The molecule has 0 radical (unpaired) electrons. The van der Waals surface area contributed by atoms with Gasteiger partial charge in [-0.05, 0) is 5.56 Å². The minimum atomic E-state index is -0.985. The lowest BCUT2D eigenvalue weighted by molar-refractivity contribution is -0.134. The van der Waals surface area contributed by atoms with Crippen LogP contribution in [0.3, 0.4) is 0 Å². The van der Waals surface area contributed by atoms with Crippen molar-refractivity contribution in [3.05, 3.63) is 41.0 Å². The largest absolute Gasteiger partial charge is 0.495 e. The molecule has 3 rings (SSSR count). The Labute approximate surface area is 131 Å². The van der Waals surface area contributed by atoms with Gasteiger partial charge in [0.2, 0.25) is 0 Å². The first kappa shape index (κ1) is 14.8. The van der Waals surface area contributed by atoms with Crippen LogP contribution >= 0.6 is 23.5 Å². The van der Waals surface area contributed by atoms with E-state index in [0.717, 1.165) is 22.6 Å². The van der Waals surface area contributed by atoms with Crippen molar-refractivity contribution in [1.29, 1.82) is 0 Å². The summed E-state index contributed by atoms with van der Waals surface area (Å²) in [5.41, 5.74) is 2.15. The Morgan fingerprint density at radius 3 is 2.52 bits per heavy atom. The van der Waals surface area contributed by atoms with Gasteiger partial charge in [0.15, 0.2) is 0 Å². The van der Waals surface area contributed by atoms with Crippen LogP contribution in [0, 0.1) is 0 Å². The Morgan fingerprint density at radius 2 is 1.95 bits per heavy atom. The molecule has 1 unspecified atom stereocenters. The fourth-order valence-electron chi connectivity index (χ4n) is 3.02. The number of ether oxygens (including phenoxy) is 2. The fourth-order valence-corrected chi connectivity index (χ4v) is 6.52. The monoisotopic (exact) mass is 324 g/mol. The standard InChI is InChI=1S/C15H16O4S2/c1-18-12-9-5-3-4-6-10(9)15(20-7-8-21-15)13(19-2)11(12)14(16)17/h3-6,13H,7-8H2,1-2H3,(H,16,17). The Balaban J connectivity index is 2.31. The molecule has 0 bridgehead atoms. The van der Waals surface area contributed by atoms with Crippen molar-refractivity contribution in [3.8, 4) is 0 Å². The lowest BCUT2D eigenvalue weighted by Crippen LogP contribution is -2.41. The molecule has 6 heteroatoms. The molecule has 0 aromatic heterocycles. The third kappa shape index (κ3) is 2.08. The van der Waals surface area contributed by atoms with Gasteiger partial charge in [0.1, 0.15) is 21.5 Å². The summed E-state index contributed by atoms with van der Waals surface area (Å²) in [5.74, 6) is 1.38. The van der Waals surface area contributed by atoms with Crippen LogP contribution < -0.4 is 0 Å². The number of fused-ring (bicyclic) bond motifs is 2. The Bertz CT molecular complexity index is 605. The molecule has 0 saturated carbocycles. The van der Waals surface area contributed by atoms with Crippen molar-refractivity contribution < 1.29 is 19.4 Å². The van der Waals surface area contributed by atoms with Crippen LogP contribution in [0.4, 0.5) is 0 Å². The second kappa shape index (κ2) is 5.59. The van der Waals surface area contributed by atoms with E-state index < -0.39 is 16.2 Å². The Kier molecular flexibility index (Phi) is 3.94. The zero-order valence-corrected chi connectivity index (χ0v) is 13.4. The smallest absolute Gasteiger partial charge is 0.338 e. The maximum atomic E-state index is 11.8. The third-order valence-electron chi connectivity index (χ3n) is 3.79. The SMILES string of the molecule is COC1=C(C(=O)O)C(OC)C2(SCCS2)c2ccccc21. The molecule has 1 aliphatic carbocycles. The van der Waals surface area contributed by atoms with E-state index in [1.54, 1.807) is 30.6 Å². The fraction of sp³-hybridized carbons (Fsp3) is 0.400. The molecule has 1 heterocycles. The summed E-state index contributed by atoms with van der Waals surface area (Å²) < 4.78 is 10.7. The van der Waals surface area contributed by atoms with E-state index >= 15 is 0 Å². The van der Waals surface area contributed by atoms with Gasteiger partial charge in [-0.25, -0.2) is 4.79 Å². The highest BCUT2D eigenvalue weighted by Crippen LogP contribution is 2.60.